The van der Waals surface area contributed by atoms with Crippen LogP contribution in [0.15, 0.2) is 30.3 Å². The Morgan fingerprint density at radius 3 is 2.95 bits per heavy atom. The SMILES string of the molecule is CNCC1CCN(C(=O)/C=C(/C)c2ccccc2F)C1. The quantitative estimate of drug-likeness (QED) is 0.856. The molecule has 1 atom stereocenters. The number of carbonyl (C=O) groups excluding carboxylic acids is 1. The van der Waals surface area contributed by atoms with E-state index in [1.54, 1.807) is 31.2 Å². The minimum absolute atomic E-state index is 0.0237. The Morgan fingerprint density at radius 1 is 1.50 bits per heavy atom. The Bertz CT molecular complexity index is 513. The first-order valence-electron chi connectivity index (χ1n) is 6.98. The van der Waals surface area contributed by atoms with Gasteiger partial charge in [0.05, 0.1) is 0 Å². The molecule has 1 aliphatic rings. The second-order valence-electron chi connectivity index (χ2n) is 5.30. The van der Waals surface area contributed by atoms with Crippen molar-refractivity contribution in [2.75, 3.05) is 26.7 Å². The van der Waals surface area contributed by atoms with Gasteiger partial charge in [0.1, 0.15) is 5.82 Å². The predicted molar refractivity (Wildman–Crippen MR) is 78.7 cm³/mol. The molecule has 1 saturated heterocycles. The first kappa shape index (κ1) is 14.7. The average molecular weight is 276 g/mol. The van der Waals surface area contributed by atoms with Crippen molar-refractivity contribution in [3.8, 4) is 0 Å². The molecule has 0 aliphatic carbocycles. The number of benzene rings is 1. The third-order valence-corrected chi connectivity index (χ3v) is 3.73. The lowest BCUT2D eigenvalue weighted by Gasteiger charge is -2.15. The molecule has 20 heavy (non-hydrogen) atoms. The zero-order chi connectivity index (χ0) is 14.5. The molecule has 1 N–H and O–H groups in total. The highest BCUT2D eigenvalue weighted by Crippen LogP contribution is 2.20. The number of carbonyl (C=O) groups is 1. The second kappa shape index (κ2) is 6.66. The van der Waals surface area contributed by atoms with Gasteiger partial charge < -0.3 is 10.2 Å². The van der Waals surface area contributed by atoms with Crippen molar-refractivity contribution < 1.29 is 9.18 Å². The molecule has 3 nitrogen and oxygen atoms in total. The van der Waals surface area contributed by atoms with Crippen molar-refractivity contribution in [3.05, 3.63) is 41.7 Å². The number of allylic oxidation sites excluding steroid dienone is 1. The first-order chi connectivity index (χ1) is 9.61. The van der Waals surface area contributed by atoms with Gasteiger partial charge in [-0.1, -0.05) is 18.2 Å². The second-order valence-corrected chi connectivity index (χ2v) is 5.30. The Hall–Kier alpha value is -1.68. The van der Waals surface area contributed by atoms with E-state index in [0.717, 1.165) is 26.1 Å². The van der Waals surface area contributed by atoms with Gasteiger partial charge in [-0.3, -0.25) is 4.79 Å². The highest BCUT2D eigenvalue weighted by Gasteiger charge is 2.24. The zero-order valence-electron chi connectivity index (χ0n) is 12.0. The van der Waals surface area contributed by atoms with Crippen molar-refractivity contribution in [1.29, 1.82) is 0 Å². The van der Waals surface area contributed by atoms with Crippen LogP contribution in [0.25, 0.3) is 5.57 Å². The van der Waals surface area contributed by atoms with Gasteiger partial charge in [-0.15, -0.1) is 0 Å². The topological polar surface area (TPSA) is 32.3 Å². The molecule has 0 spiro atoms. The lowest BCUT2D eigenvalue weighted by molar-refractivity contribution is -0.125. The highest BCUT2D eigenvalue weighted by molar-refractivity contribution is 5.95. The molecule has 1 fully saturated rings. The summed E-state index contributed by atoms with van der Waals surface area (Å²) < 4.78 is 13.7. The Morgan fingerprint density at radius 2 is 2.25 bits per heavy atom. The van der Waals surface area contributed by atoms with Crippen LogP contribution in [0.1, 0.15) is 18.9 Å². The molecule has 1 amide bonds. The Labute approximate surface area is 119 Å². The van der Waals surface area contributed by atoms with Crippen molar-refractivity contribution in [2.24, 2.45) is 5.92 Å². The molecular formula is C16H21FN2O. The fourth-order valence-electron chi connectivity index (χ4n) is 2.62. The summed E-state index contributed by atoms with van der Waals surface area (Å²) in [4.78, 5) is 14.0. The normalized spacial score (nSPS) is 19.4. The smallest absolute Gasteiger partial charge is 0.246 e. The number of likely N-dealkylation sites (tertiary alicyclic amines) is 1. The number of nitrogens with one attached hydrogen (secondary N) is 1. The van der Waals surface area contributed by atoms with Crippen molar-refractivity contribution in [1.82, 2.24) is 10.2 Å². The molecule has 0 bridgehead atoms. The highest BCUT2D eigenvalue weighted by atomic mass is 19.1. The summed E-state index contributed by atoms with van der Waals surface area (Å²) in [7, 11) is 1.92. The maximum absolute atomic E-state index is 13.7. The summed E-state index contributed by atoms with van der Waals surface area (Å²) in [5.41, 5.74) is 1.16. The van der Waals surface area contributed by atoms with Crippen LogP contribution in [0.5, 0.6) is 0 Å². The zero-order valence-corrected chi connectivity index (χ0v) is 12.0. The number of halogens is 1. The van der Waals surface area contributed by atoms with Gasteiger partial charge in [-0.25, -0.2) is 4.39 Å². The van der Waals surface area contributed by atoms with Crippen molar-refractivity contribution in [3.63, 3.8) is 0 Å². The molecule has 2 rings (SSSR count). The third kappa shape index (κ3) is 3.45. The first-order valence-corrected chi connectivity index (χ1v) is 6.98. The maximum atomic E-state index is 13.7. The van der Waals surface area contributed by atoms with Gasteiger partial charge in [-0.2, -0.15) is 0 Å². The van der Waals surface area contributed by atoms with Gasteiger partial charge in [-0.05, 0) is 44.5 Å². The molecule has 1 unspecified atom stereocenters. The van der Waals surface area contributed by atoms with Gasteiger partial charge in [0.15, 0.2) is 0 Å². The summed E-state index contributed by atoms with van der Waals surface area (Å²) in [6.07, 6.45) is 2.57. The van der Waals surface area contributed by atoms with Crippen LogP contribution in [0.4, 0.5) is 4.39 Å². The molecule has 108 valence electrons. The minimum Gasteiger partial charge on any atom is -0.339 e. The Kier molecular flexibility index (Phi) is 4.90. The minimum atomic E-state index is -0.288. The average Bonchev–Trinajstić information content (AvgIpc) is 2.88. The lowest BCUT2D eigenvalue weighted by Crippen LogP contribution is -2.29. The molecular weight excluding hydrogens is 255 g/mol. The summed E-state index contributed by atoms with van der Waals surface area (Å²) >= 11 is 0. The van der Waals surface area contributed by atoms with Crippen LogP contribution in [-0.4, -0.2) is 37.5 Å². The molecule has 0 radical (unpaired) electrons. The summed E-state index contributed by atoms with van der Waals surface area (Å²) in [5.74, 6) is 0.207. The fraction of sp³-hybridized carbons (Fsp3) is 0.438. The van der Waals surface area contributed by atoms with Crippen LogP contribution in [-0.2, 0) is 4.79 Å². The molecule has 1 aromatic rings. The number of hydrogen-bond donors (Lipinski definition) is 1. The van der Waals surface area contributed by atoms with Crippen LogP contribution in [0, 0.1) is 11.7 Å². The molecule has 1 aromatic carbocycles. The predicted octanol–water partition coefficient (Wildman–Crippen LogP) is 2.30. The molecule has 4 heteroatoms. The van der Waals surface area contributed by atoms with E-state index < -0.39 is 0 Å². The van der Waals surface area contributed by atoms with E-state index >= 15 is 0 Å². The van der Waals surface area contributed by atoms with Gasteiger partial charge in [0, 0.05) is 24.7 Å². The van der Waals surface area contributed by atoms with Gasteiger partial charge in [0.25, 0.3) is 0 Å². The monoisotopic (exact) mass is 276 g/mol. The van der Waals surface area contributed by atoms with E-state index in [9.17, 15) is 9.18 Å². The maximum Gasteiger partial charge on any atom is 0.246 e. The third-order valence-electron chi connectivity index (χ3n) is 3.73. The van der Waals surface area contributed by atoms with E-state index in [2.05, 4.69) is 5.32 Å². The molecule has 0 aromatic heterocycles. The van der Waals surface area contributed by atoms with Crippen LogP contribution < -0.4 is 5.32 Å². The standard InChI is InChI=1S/C16H21FN2O/c1-12(14-5-3-4-6-15(14)17)9-16(20)19-8-7-13(11-19)10-18-2/h3-6,9,13,18H,7-8,10-11H2,1-2H3/b12-9-. The number of amides is 1. The molecule has 1 heterocycles. The fourth-order valence-corrected chi connectivity index (χ4v) is 2.62. The van der Waals surface area contributed by atoms with Crippen LogP contribution >= 0.6 is 0 Å². The largest absolute Gasteiger partial charge is 0.339 e. The van der Waals surface area contributed by atoms with E-state index in [0.29, 0.717) is 17.1 Å². The Balaban J connectivity index is 2.04. The van der Waals surface area contributed by atoms with Crippen molar-refractivity contribution in [2.45, 2.75) is 13.3 Å². The molecule has 0 saturated carbocycles. The van der Waals surface area contributed by atoms with E-state index in [-0.39, 0.29) is 11.7 Å². The number of hydrogen-bond acceptors (Lipinski definition) is 2. The molecule has 1 aliphatic heterocycles. The summed E-state index contributed by atoms with van der Waals surface area (Å²) in [6, 6.07) is 6.54. The van der Waals surface area contributed by atoms with Gasteiger partial charge in [0.2, 0.25) is 5.91 Å². The summed E-state index contributed by atoms with van der Waals surface area (Å²) in [6.45, 7) is 4.27. The van der Waals surface area contributed by atoms with E-state index in [1.807, 2.05) is 11.9 Å². The summed E-state index contributed by atoms with van der Waals surface area (Å²) in [5, 5.41) is 3.14. The lowest BCUT2D eigenvalue weighted by atomic mass is 10.1. The number of rotatable bonds is 4. The van der Waals surface area contributed by atoms with E-state index in [4.69, 9.17) is 0 Å². The van der Waals surface area contributed by atoms with Crippen LogP contribution in [0.3, 0.4) is 0 Å². The van der Waals surface area contributed by atoms with Crippen LogP contribution in [0.2, 0.25) is 0 Å². The van der Waals surface area contributed by atoms with E-state index in [1.165, 1.54) is 6.07 Å². The number of nitrogens with zero attached hydrogens (tertiary/aromatic N) is 1. The van der Waals surface area contributed by atoms with Gasteiger partial charge >= 0.3 is 0 Å². The van der Waals surface area contributed by atoms with Crippen molar-refractivity contribution >= 4 is 11.5 Å².